The Kier molecular flexibility index (Phi) is 6.41. The minimum Gasteiger partial charge on any atom is -0.487 e. The highest BCUT2D eigenvalue weighted by molar-refractivity contribution is 7.17. The predicted molar refractivity (Wildman–Crippen MR) is 119 cm³/mol. The molecule has 3 atom stereocenters. The summed E-state index contributed by atoms with van der Waals surface area (Å²) < 4.78 is 20.3. The first kappa shape index (κ1) is 21.9. The second-order valence-corrected chi connectivity index (χ2v) is 9.56. The zero-order chi connectivity index (χ0) is 22.1. The van der Waals surface area contributed by atoms with Crippen molar-refractivity contribution < 1.29 is 18.7 Å². The fourth-order valence-electron chi connectivity index (χ4n) is 4.39. The molecule has 3 N–H and O–H groups in total. The number of thiophene rings is 1. The lowest BCUT2D eigenvalue weighted by atomic mass is 9.91. The van der Waals surface area contributed by atoms with Crippen LogP contribution in [0.3, 0.4) is 0 Å². The Balaban J connectivity index is 1.36. The highest BCUT2D eigenvalue weighted by Gasteiger charge is 2.31. The van der Waals surface area contributed by atoms with Crippen molar-refractivity contribution in [1.82, 2.24) is 16.2 Å². The van der Waals surface area contributed by atoms with Crippen LogP contribution in [0, 0.1) is 11.7 Å². The van der Waals surface area contributed by atoms with Gasteiger partial charge in [-0.25, -0.2) is 4.39 Å². The van der Waals surface area contributed by atoms with E-state index in [0.29, 0.717) is 53.6 Å². The third-order valence-corrected chi connectivity index (χ3v) is 7.36. The van der Waals surface area contributed by atoms with Gasteiger partial charge < -0.3 is 10.1 Å². The summed E-state index contributed by atoms with van der Waals surface area (Å²) in [6.45, 7) is 6.13. The molecule has 0 aliphatic carbocycles. The number of ketones is 1. The fraction of sp³-hybridized carbons (Fsp3) is 0.478. The van der Waals surface area contributed by atoms with E-state index < -0.39 is 0 Å². The van der Waals surface area contributed by atoms with E-state index in [1.165, 1.54) is 30.4 Å². The number of nitrogens with one attached hydrogen (secondary N) is 3. The first-order valence-corrected chi connectivity index (χ1v) is 11.5. The quantitative estimate of drug-likeness (QED) is 0.569. The topological polar surface area (TPSA) is 79.5 Å². The molecule has 2 aliphatic heterocycles. The Morgan fingerprint density at radius 2 is 1.97 bits per heavy atom. The molecule has 0 bridgehead atoms. The molecular weight excluding hydrogens is 417 g/mol. The van der Waals surface area contributed by atoms with Gasteiger partial charge in [0.1, 0.15) is 17.7 Å². The van der Waals surface area contributed by atoms with E-state index in [1.54, 1.807) is 6.07 Å². The molecule has 8 heteroatoms. The number of carbonyl (C=O) groups is 2. The summed E-state index contributed by atoms with van der Waals surface area (Å²) in [7, 11) is 0. The van der Waals surface area contributed by atoms with Crippen molar-refractivity contribution in [2.24, 2.45) is 5.92 Å². The number of amides is 1. The van der Waals surface area contributed by atoms with Gasteiger partial charge in [-0.3, -0.25) is 20.4 Å². The molecule has 2 aromatic rings. The Morgan fingerprint density at radius 1 is 1.23 bits per heavy atom. The molecule has 0 spiro atoms. The van der Waals surface area contributed by atoms with Gasteiger partial charge in [-0.2, -0.15) is 0 Å². The molecule has 4 rings (SSSR count). The average Bonchev–Trinajstić information content (AvgIpc) is 3.43. The summed E-state index contributed by atoms with van der Waals surface area (Å²) in [4.78, 5) is 25.4. The number of hydrogen-bond donors (Lipinski definition) is 3. The van der Waals surface area contributed by atoms with Crippen molar-refractivity contribution >= 4 is 23.0 Å². The number of Topliss-reactive ketones (excluding diaryl/α,β-unsaturated/α-hetero) is 1. The minimum atomic E-state index is -0.332. The molecule has 3 unspecified atom stereocenters. The zero-order valence-electron chi connectivity index (χ0n) is 18.0. The summed E-state index contributed by atoms with van der Waals surface area (Å²) in [6, 6.07) is 7.19. The van der Waals surface area contributed by atoms with Crippen LogP contribution in [0.15, 0.2) is 24.3 Å². The molecule has 1 aromatic carbocycles. The van der Waals surface area contributed by atoms with Gasteiger partial charge in [-0.15, -0.1) is 11.3 Å². The molecule has 1 saturated heterocycles. The van der Waals surface area contributed by atoms with Gasteiger partial charge in [0.05, 0.1) is 11.4 Å². The molecule has 2 aliphatic rings. The molecule has 0 saturated carbocycles. The van der Waals surface area contributed by atoms with E-state index in [9.17, 15) is 14.0 Å². The molecule has 1 amide bonds. The number of rotatable bonds is 7. The zero-order valence-corrected chi connectivity index (χ0v) is 18.8. The Morgan fingerprint density at radius 3 is 2.65 bits per heavy atom. The van der Waals surface area contributed by atoms with Gasteiger partial charge in [0.2, 0.25) is 5.91 Å². The predicted octanol–water partition coefficient (Wildman–Crippen LogP) is 3.46. The van der Waals surface area contributed by atoms with Crippen LogP contribution < -0.4 is 20.9 Å². The Labute approximate surface area is 185 Å². The molecule has 1 fully saturated rings. The number of hydrogen-bond acceptors (Lipinski definition) is 6. The molecule has 0 radical (unpaired) electrons. The Hall–Kier alpha value is -2.29. The lowest BCUT2D eigenvalue weighted by Gasteiger charge is -2.18. The summed E-state index contributed by atoms with van der Waals surface area (Å²) >= 11 is 1.33. The van der Waals surface area contributed by atoms with Crippen molar-refractivity contribution in [2.75, 3.05) is 6.54 Å². The van der Waals surface area contributed by atoms with Crippen molar-refractivity contribution in [1.29, 1.82) is 0 Å². The van der Waals surface area contributed by atoms with Crippen LogP contribution >= 0.6 is 11.3 Å². The number of halogens is 1. The number of carbonyl (C=O) groups excluding carboxylic acids is 2. The van der Waals surface area contributed by atoms with E-state index >= 15 is 0 Å². The number of hydrazine groups is 1. The number of benzene rings is 1. The standard InChI is InChI=1S/C23H28FN3O3S/c1-12-18(13(2)27-26-12)4-7-22(29)25-11-17-9-15-8-16(24)10-19(23(15)30-17)21-6-5-20(31-21)14(3)28/h5-6,8,10,12-13,17-18,26-27H,4,7,9,11H2,1-3H3,(H,25,29). The van der Waals surface area contributed by atoms with Crippen molar-refractivity contribution in [3.63, 3.8) is 0 Å². The van der Waals surface area contributed by atoms with E-state index in [1.807, 2.05) is 6.07 Å². The van der Waals surface area contributed by atoms with E-state index in [4.69, 9.17) is 4.74 Å². The third-order valence-electron chi connectivity index (χ3n) is 6.14. The van der Waals surface area contributed by atoms with Crippen LogP contribution in [0.2, 0.25) is 0 Å². The van der Waals surface area contributed by atoms with Crippen LogP contribution in [0.4, 0.5) is 4.39 Å². The van der Waals surface area contributed by atoms with Gasteiger partial charge in [0, 0.05) is 40.9 Å². The summed E-state index contributed by atoms with van der Waals surface area (Å²) in [6.07, 6.45) is 1.58. The average molecular weight is 446 g/mol. The van der Waals surface area contributed by atoms with Crippen molar-refractivity contribution in [2.45, 2.75) is 58.2 Å². The normalized spacial score (nSPS) is 24.6. The maximum Gasteiger partial charge on any atom is 0.220 e. The van der Waals surface area contributed by atoms with Gasteiger partial charge in [-0.1, -0.05) is 0 Å². The van der Waals surface area contributed by atoms with E-state index in [0.717, 1.165) is 16.9 Å². The van der Waals surface area contributed by atoms with Crippen LogP contribution in [-0.2, 0) is 11.2 Å². The molecule has 1 aromatic heterocycles. The van der Waals surface area contributed by atoms with Crippen molar-refractivity contribution in [3.8, 4) is 16.2 Å². The Bertz CT molecular complexity index is 982. The van der Waals surface area contributed by atoms with Crippen molar-refractivity contribution in [3.05, 3.63) is 40.5 Å². The van der Waals surface area contributed by atoms with Gasteiger partial charge >= 0.3 is 0 Å². The van der Waals surface area contributed by atoms with Gasteiger partial charge in [0.25, 0.3) is 0 Å². The van der Waals surface area contributed by atoms with Gasteiger partial charge in [0.15, 0.2) is 5.78 Å². The second-order valence-electron chi connectivity index (χ2n) is 8.48. The first-order valence-electron chi connectivity index (χ1n) is 10.7. The maximum absolute atomic E-state index is 14.2. The largest absolute Gasteiger partial charge is 0.487 e. The molecule has 6 nitrogen and oxygen atoms in total. The summed E-state index contributed by atoms with van der Waals surface area (Å²) in [5, 5.41) is 2.97. The highest BCUT2D eigenvalue weighted by Crippen LogP contribution is 2.42. The van der Waals surface area contributed by atoms with Crippen LogP contribution in [-0.4, -0.2) is 36.4 Å². The lowest BCUT2D eigenvalue weighted by molar-refractivity contribution is -0.121. The van der Waals surface area contributed by atoms with Crippen LogP contribution in [0.5, 0.6) is 5.75 Å². The molecule has 166 valence electrons. The number of ether oxygens (including phenoxy) is 1. The second kappa shape index (κ2) is 9.06. The molecular formula is C23H28FN3O3S. The summed E-state index contributed by atoms with van der Waals surface area (Å²) in [5.74, 6) is 0.708. The van der Waals surface area contributed by atoms with Crippen LogP contribution in [0.1, 0.15) is 48.8 Å². The maximum atomic E-state index is 14.2. The minimum absolute atomic E-state index is 0.00150. The molecule has 31 heavy (non-hydrogen) atoms. The SMILES string of the molecule is CC(=O)c1ccc(-c2cc(F)cc3c2OC(CNC(=O)CCC2C(C)NNC2C)C3)s1. The first-order chi connectivity index (χ1) is 14.8. The fourth-order valence-corrected chi connectivity index (χ4v) is 5.30. The van der Waals surface area contributed by atoms with E-state index in [-0.39, 0.29) is 23.6 Å². The van der Waals surface area contributed by atoms with Crippen LogP contribution in [0.25, 0.3) is 10.4 Å². The third kappa shape index (κ3) is 4.81. The molecule has 3 heterocycles. The summed E-state index contributed by atoms with van der Waals surface area (Å²) in [5.41, 5.74) is 7.87. The smallest absolute Gasteiger partial charge is 0.220 e. The van der Waals surface area contributed by atoms with Gasteiger partial charge in [-0.05, 0) is 57.4 Å². The number of fused-ring (bicyclic) bond motifs is 1. The lowest BCUT2D eigenvalue weighted by Crippen LogP contribution is -2.35. The van der Waals surface area contributed by atoms with E-state index in [2.05, 4.69) is 30.0 Å². The highest BCUT2D eigenvalue weighted by atomic mass is 32.1. The monoisotopic (exact) mass is 445 g/mol.